The van der Waals surface area contributed by atoms with Gasteiger partial charge in [0.1, 0.15) is 5.70 Å². The van der Waals surface area contributed by atoms with Gasteiger partial charge in [-0.25, -0.2) is 0 Å². The van der Waals surface area contributed by atoms with Gasteiger partial charge in [-0.15, -0.1) is 0 Å². The van der Waals surface area contributed by atoms with E-state index in [9.17, 15) is 9.59 Å². The summed E-state index contributed by atoms with van der Waals surface area (Å²) in [6, 6.07) is 6.80. The molecule has 4 N–H and O–H groups in total. The lowest BCUT2D eigenvalue weighted by atomic mass is 9.90. The molecule has 5 heteroatoms. The van der Waals surface area contributed by atoms with Crippen molar-refractivity contribution in [2.45, 2.75) is 17.3 Å². The van der Waals surface area contributed by atoms with Gasteiger partial charge in [-0.05, 0) is 13.8 Å². The first-order valence-corrected chi connectivity index (χ1v) is 7.09. The lowest BCUT2D eigenvalue weighted by Gasteiger charge is -2.19. The van der Waals surface area contributed by atoms with Crippen LogP contribution in [0, 0.1) is 0 Å². The topological polar surface area (TPSA) is 76.8 Å². The molecule has 0 bridgehead atoms. The van der Waals surface area contributed by atoms with E-state index in [4.69, 9.17) is 5.73 Å². The Morgan fingerprint density at radius 2 is 1.68 bits per heavy atom. The molecule has 1 aliphatic rings. The van der Waals surface area contributed by atoms with Gasteiger partial charge in [0.15, 0.2) is 0 Å². The molecule has 0 aromatic heterocycles. The number of alkyl halides is 1. The molecule has 0 saturated heterocycles. The minimum Gasteiger partial charge on any atom is -0.391 e. The third-order valence-corrected chi connectivity index (χ3v) is 3.43. The number of carbonyl (C=O) groups is 2. The average Bonchev–Trinajstić information content (AvgIpc) is 2.35. The molecule has 0 radical (unpaired) electrons. The number of hydrogen-bond acceptors (Lipinski definition) is 3. The first-order valence-electron chi connectivity index (χ1n) is 6.01. The monoisotopic (exact) mass is 371 g/mol. The summed E-state index contributed by atoms with van der Waals surface area (Å²) in [5.74, 6) is -0.416. The SMILES string of the molecule is CC(C)(I)C[NH2+]C1=C(N)C(=O)c2ccccc2C1=O. The standard InChI is InChI=1S/C14H15IN2O2/c1-14(2,15)7-17-11-10(16)12(18)8-5-3-4-6-9(8)13(11)19/h3-6,17H,7,16H2,1-2H3/p+1. The highest BCUT2D eigenvalue weighted by Crippen LogP contribution is 2.21. The summed E-state index contributed by atoms with van der Waals surface area (Å²) < 4.78 is 0.0192. The Labute approximate surface area is 125 Å². The van der Waals surface area contributed by atoms with E-state index in [1.807, 2.05) is 0 Å². The number of hydrogen-bond donors (Lipinski definition) is 2. The van der Waals surface area contributed by atoms with Gasteiger partial charge in [0.05, 0.1) is 9.97 Å². The number of benzene rings is 1. The van der Waals surface area contributed by atoms with E-state index in [0.717, 1.165) is 0 Å². The van der Waals surface area contributed by atoms with E-state index in [1.165, 1.54) is 0 Å². The van der Waals surface area contributed by atoms with Crippen LogP contribution < -0.4 is 11.1 Å². The fourth-order valence-corrected chi connectivity index (χ4v) is 2.18. The molecule has 0 atom stereocenters. The Bertz CT molecular complexity index is 585. The lowest BCUT2D eigenvalue weighted by molar-refractivity contribution is -0.602. The molecule has 0 fully saturated rings. The molecule has 1 aromatic rings. The van der Waals surface area contributed by atoms with Gasteiger partial charge in [-0.2, -0.15) is 0 Å². The summed E-state index contributed by atoms with van der Waals surface area (Å²) in [4.78, 5) is 24.5. The Hall–Kier alpha value is -1.21. The number of Topliss-reactive ketones (excluding diaryl/α,β-unsaturated/α-hetero) is 2. The number of allylic oxidation sites excluding steroid dienone is 2. The number of halogens is 1. The van der Waals surface area contributed by atoms with Crippen molar-refractivity contribution in [1.29, 1.82) is 0 Å². The van der Waals surface area contributed by atoms with Crippen LogP contribution in [0.4, 0.5) is 0 Å². The molecule has 2 rings (SSSR count). The summed E-state index contributed by atoms with van der Waals surface area (Å²) in [7, 11) is 0. The largest absolute Gasteiger partial charge is 0.391 e. The Morgan fingerprint density at radius 3 is 2.21 bits per heavy atom. The van der Waals surface area contributed by atoms with Gasteiger partial charge in [0.2, 0.25) is 17.3 Å². The summed E-state index contributed by atoms with van der Waals surface area (Å²) in [5, 5.41) is 1.78. The second-order valence-electron chi connectivity index (χ2n) is 5.16. The highest BCUT2D eigenvalue weighted by Gasteiger charge is 2.34. The van der Waals surface area contributed by atoms with Crippen molar-refractivity contribution in [3.8, 4) is 0 Å². The molecular formula is C14H16IN2O2+. The van der Waals surface area contributed by atoms with Crippen LogP contribution in [-0.4, -0.2) is 21.5 Å². The Kier molecular flexibility index (Phi) is 3.78. The van der Waals surface area contributed by atoms with E-state index in [2.05, 4.69) is 36.4 Å². The van der Waals surface area contributed by atoms with Gasteiger partial charge in [-0.3, -0.25) is 9.59 Å². The van der Waals surface area contributed by atoms with Crippen molar-refractivity contribution >= 4 is 34.2 Å². The molecule has 0 spiro atoms. The summed E-state index contributed by atoms with van der Waals surface area (Å²) in [5.41, 5.74) is 7.08. The molecule has 100 valence electrons. The van der Waals surface area contributed by atoms with E-state index in [0.29, 0.717) is 23.4 Å². The van der Waals surface area contributed by atoms with Crippen LogP contribution in [0.5, 0.6) is 0 Å². The molecule has 1 aliphatic carbocycles. The maximum absolute atomic E-state index is 12.4. The number of carbonyl (C=O) groups excluding carboxylic acids is 2. The van der Waals surface area contributed by atoms with E-state index >= 15 is 0 Å². The first-order chi connectivity index (χ1) is 8.81. The fourth-order valence-electron chi connectivity index (χ4n) is 1.96. The van der Waals surface area contributed by atoms with Crippen molar-refractivity contribution in [1.82, 2.24) is 0 Å². The minimum atomic E-state index is -0.257. The highest BCUT2D eigenvalue weighted by molar-refractivity contribution is 14.1. The zero-order valence-electron chi connectivity index (χ0n) is 10.9. The molecule has 0 aliphatic heterocycles. The van der Waals surface area contributed by atoms with E-state index in [1.54, 1.807) is 29.6 Å². The molecule has 4 nitrogen and oxygen atoms in total. The Balaban J connectivity index is 2.38. The fraction of sp³-hybridized carbons (Fsp3) is 0.286. The average molecular weight is 371 g/mol. The normalized spacial score (nSPS) is 15.7. The van der Waals surface area contributed by atoms with Crippen LogP contribution in [0.1, 0.15) is 34.6 Å². The van der Waals surface area contributed by atoms with Crippen molar-refractivity contribution in [3.05, 3.63) is 46.8 Å². The molecule has 0 heterocycles. The van der Waals surface area contributed by atoms with Crippen molar-refractivity contribution < 1.29 is 14.9 Å². The molecule has 0 amide bonds. The second kappa shape index (κ2) is 5.05. The third-order valence-electron chi connectivity index (χ3n) is 2.99. The van der Waals surface area contributed by atoms with Gasteiger partial charge < -0.3 is 11.1 Å². The first kappa shape index (κ1) is 14.2. The van der Waals surface area contributed by atoms with Gasteiger partial charge in [-0.1, -0.05) is 46.9 Å². The van der Waals surface area contributed by atoms with Crippen LogP contribution in [0.25, 0.3) is 0 Å². The van der Waals surface area contributed by atoms with Crippen LogP contribution in [-0.2, 0) is 0 Å². The van der Waals surface area contributed by atoms with E-state index in [-0.39, 0.29) is 20.7 Å². The number of fused-ring (bicyclic) bond motifs is 1. The number of ketones is 2. The quantitative estimate of drug-likeness (QED) is 0.615. The second-order valence-corrected chi connectivity index (χ2v) is 8.08. The van der Waals surface area contributed by atoms with Crippen molar-refractivity contribution in [2.75, 3.05) is 6.54 Å². The van der Waals surface area contributed by atoms with Crippen LogP contribution in [0.15, 0.2) is 35.7 Å². The number of rotatable bonds is 3. The summed E-state index contributed by atoms with van der Waals surface area (Å²) in [6.07, 6.45) is 0. The van der Waals surface area contributed by atoms with Crippen molar-refractivity contribution in [3.63, 3.8) is 0 Å². The van der Waals surface area contributed by atoms with Crippen LogP contribution in [0.3, 0.4) is 0 Å². The molecule has 0 saturated carbocycles. The lowest BCUT2D eigenvalue weighted by Crippen LogP contribution is -2.87. The van der Waals surface area contributed by atoms with Crippen LogP contribution >= 0.6 is 22.6 Å². The zero-order chi connectivity index (χ0) is 14.2. The van der Waals surface area contributed by atoms with E-state index < -0.39 is 0 Å². The van der Waals surface area contributed by atoms with Gasteiger partial charge in [0.25, 0.3) is 0 Å². The van der Waals surface area contributed by atoms with Crippen LogP contribution in [0.2, 0.25) is 0 Å². The predicted octanol–water partition coefficient (Wildman–Crippen LogP) is 1.01. The molecule has 19 heavy (non-hydrogen) atoms. The smallest absolute Gasteiger partial charge is 0.249 e. The minimum absolute atomic E-state index is 0.0192. The molecule has 0 unspecified atom stereocenters. The summed E-state index contributed by atoms with van der Waals surface area (Å²) >= 11 is 2.30. The number of nitrogens with two attached hydrogens (primary N) is 2. The van der Waals surface area contributed by atoms with Crippen molar-refractivity contribution in [2.24, 2.45) is 5.73 Å². The maximum atomic E-state index is 12.4. The maximum Gasteiger partial charge on any atom is 0.249 e. The highest BCUT2D eigenvalue weighted by atomic mass is 127. The predicted molar refractivity (Wildman–Crippen MR) is 81.2 cm³/mol. The summed E-state index contributed by atoms with van der Waals surface area (Å²) in [6.45, 7) is 4.80. The molecular weight excluding hydrogens is 355 g/mol. The zero-order valence-corrected chi connectivity index (χ0v) is 13.0. The molecule has 1 aromatic carbocycles. The van der Waals surface area contributed by atoms with Gasteiger partial charge in [0, 0.05) is 11.1 Å². The van der Waals surface area contributed by atoms with Gasteiger partial charge >= 0.3 is 0 Å². The third kappa shape index (κ3) is 2.87. The number of quaternary nitrogens is 1. The Morgan fingerprint density at radius 1 is 1.16 bits per heavy atom.